The topological polar surface area (TPSA) is 85.1 Å². The average Bonchev–Trinajstić information content (AvgIpc) is 3.31. The second kappa shape index (κ2) is 6.30. The summed E-state index contributed by atoms with van der Waals surface area (Å²) in [5, 5.41) is 8.09. The second-order valence-corrected chi connectivity index (χ2v) is 7.59. The van der Waals surface area contributed by atoms with Crippen LogP contribution < -0.4 is 10.5 Å². The van der Waals surface area contributed by atoms with E-state index in [1.165, 1.54) is 18.2 Å². The molecule has 134 valence electrons. The first-order valence-electron chi connectivity index (χ1n) is 7.54. The van der Waals surface area contributed by atoms with Crippen molar-refractivity contribution in [2.45, 2.75) is 23.4 Å². The number of halogens is 3. The van der Waals surface area contributed by atoms with Gasteiger partial charge in [-0.3, -0.25) is 0 Å². The van der Waals surface area contributed by atoms with Crippen LogP contribution in [0.1, 0.15) is 23.5 Å². The zero-order valence-corrected chi connectivity index (χ0v) is 13.8. The number of nitrogens with zero attached hydrogens (tertiary/aromatic N) is 1. The van der Waals surface area contributed by atoms with Gasteiger partial charge in [0, 0.05) is 12.7 Å². The maximum Gasteiger partial charge on any atom is 0.417 e. The SMILES string of the molecule is NS(=O)(=O)c1ccc(C2CC2CNc2ccc(C(F)(F)F)cn2)cc1. The molecule has 9 heteroatoms. The lowest BCUT2D eigenvalue weighted by atomic mass is 10.1. The Bertz CT molecular complexity index is 850. The van der Waals surface area contributed by atoms with Crippen LogP contribution in [0, 0.1) is 5.92 Å². The maximum absolute atomic E-state index is 12.5. The normalized spacial score (nSPS) is 20.3. The number of rotatable bonds is 5. The largest absolute Gasteiger partial charge is 0.417 e. The number of anilines is 1. The van der Waals surface area contributed by atoms with Gasteiger partial charge in [-0.1, -0.05) is 12.1 Å². The standard InChI is InChI=1S/C16H16F3N3O2S/c17-16(18,19)12-3-6-15(22-9-12)21-8-11-7-14(11)10-1-4-13(5-2-10)25(20,23)24/h1-6,9,11,14H,7-8H2,(H,21,22)(H2,20,23,24). The van der Waals surface area contributed by atoms with E-state index in [0.29, 0.717) is 18.3 Å². The molecule has 1 aliphatic carbocycles. The van der Waals surface area contributed by atoms with Gasteiger partial charge >= 0.3 is 6.18 Å². The predicted molar refractivity (Wildman–Crippen MR) is 86.4 cm³/mol. The Morgan fingerprint density at radius 2 is 1.84 bits per heavy atom. The molecule has 2 unspecified atom stereocenters. The monoisotopic (exact) mass is 371 g/mol. The molecule has 0 radical (unpaired) electrons. The minimum absolute atomic E-state index is 0.0699. The summed E-state index contributed by atoms with van der Waals surface area (Å²) in [6.07, 6.45) is -2.67. The van der Waals surface area contributed by atoms with E-state index in [1.54, 1.807) is 12.1 Å². The van der Waals surface area contributed by atoms with Crippen molar-refractivity contribution in [3.63, 3.8) is 0 Å². The summed E-state index contributed by atoms with van der Waals surface area (Å²) in [5.41, 5.74) is 0.233. The highest BCUT2D eigenvalue weighted by Gasteiger charge is 2.38. The minimum Gasteiger partial charge on any atom is -0.370 e. The highest BCUT2D eigenvalue weighted by molar-refractivity contribution is 7.89. The zero-order valence-electron chi connectivity index (χ0n) is 13.0. The van der Waals surface area contributed by atoms with Crippen molar-refractivity contribution < 1.29 is 21.6 Å². The summed E-state index contributed by atoms with van der Waals surface area (Å²) in [5.74, 6) is 1.00. The number of benzene rings is 1. The average molecular weight is 371 g/mol. The van der Waals surface area contributed by atoms with Gasteiger partial charge in [0.15, 0.2) is 0 Å². The lowest BCUT2D eigenvalue weighted by Crippen LogP contribution is -2.12. The number of hydrogen-bond donors (Lipinski definition) is 2. The van der Waals surface area contributed by atoms with Gasteiger partial charge in [0.25, 0.3) is 0 Å². The molecule has 0 amide bonds. The highest BCUT2D eigenvalue weighted by atomic mass is 32.2. The first-order valence-corrected chi connectivity index (χ1v) is 9.09. The third kappa shape index (κ3) is 4.29. The maximum atomic E-state index is 12.5. The van der Waals surface area contributed by atoms with Crippen LogP contribution >= 0.6 is 0 Å². The van der Waals surface area contributed by atoms with Crippen LogP contribution in [0.15, 0.2) is 47.5 Å². The molecule has 3 N–H and O–H groups in total. The van der Waals surface area contributed by atoms with Gasteiger partial charge in [-0.2, -0.15) is 13.2 Å². The fourth-order valence-electron chi connectivity index (χ4n) is 2.69. The lowest BCUT2D eigenvalue weighted by molar-refractivity contribution is -0.137. The van der Waals surface area contributed by atoms with Crippen LogP contribution in [-0.2, 0) is 16.2 Å². The van der Waals surface area contributed by atoms with Gasteiger partial charge in [-0.05, 0) is 48.1 Å². The predicted octanol–water partition coefficient (Wildman–Crippen LogP) is 2.96. The summed E-state index contributed by atoms with van der Waals surface area (Å²) in [6, 6.07) is 8.73. The number of sulfonamides is 1. The summed E-state index contributed by atoms with van der Waals surface area (Å²) < 4.78 is 59.9. The first kappa shape index (κ1) is 17.7. The van der Waals surface area contributed by atoms with Crippen molar-refractivity contribution in [3.05, 3.63) is 53.7 Å². The summed E-state index contributed by atoms with van der Waals surface area (Å²) in [4.78, 5) is 3.84. The van der Waals surface area contributed by atoms with E-state index in [1.807, 2.05) is 0 Å². The number of primary sulfonamides is 1. The number of nitrogens with two attached hydrogens (primary N) is 1. The molecule has 1 fully saturated rings. The van der Waals surface area contributed by atoms with E-state index in [9.17, 15) is 21.6 Å². The van der Waals surface area contributed by atoms with Gasteiger partial charge in [-0.25, -0.2) is 18.5 Å². The Labute approximate surface area is 143 Å². The van der Waals surface area contributed by atoms with Crippen LogP contribution in [0.4, 0.5) is 19.0 Å². The molecule has 1 heterocycles. The number of nitrogens with one attached hydrogen (secondary N) is 1. The molecule has 25 heavy (non-hydrogen) atoms. The van der Waals surface area contributed by atoms with Gasteiger partial charge in [0.2, 0.25) is 10.0 Å². The van der Waals surface area contributed by atoms with Crippen molar-refractivity contribution >= 4 is 15.8 Å². The fraction of sp³-hybridized carbons (Fsp3) is 0.312. The van der Waals surface area contributed by atoms with Crippen LogP contribution in [0.3, 0.4) is 0 Å². The van der Waals surface area contributed by atoms with E-state index in [-0.39, 0.29) is 10.8 Å². The van der Waals surface area contributed by atoms with Crippen LogP contribution in [0.2, 0.25) is 0 Å². The van der Waals surface area contributed by atoms with Crippen molar-refractivity contribution in [2.75, 3.05) is 11.9 Å². The fourth-order valence-corrected chi connectivity index (χ4v) is 3.20. The molecule has 0 aliphatic heterocycles. The van der Waals surface area contributed by atoms with E-state index in [2.05, 4.69) is 10.3 Å². The Balaban J connectivity index is 1.55. The first-order chi connectivity index (χ1) is 11.6. The van der Waals surface area contributed by atoms with Crippen LogP contribution in [-0.4, -0.2) is 19.9 Å². The van der Waals surface area contributed by atoms with Gasteiger partial charge < -0.3 is 5.32 Å². The molecule has 0 saturated heterocycles. The third-order valence-corrected chi connectivity index (χ3v) is 5.12. The molecule has 0 bridgehead atoms. The van der Waals surface area contributed by atoms with E-state index in [4.69, 9.17) is 5.14 Å². The summed E-state index contributed by atoms with van der Waals surface area (Å²) in [6.45, 7) is 0.583. The molecule has 1 aromatic carbocycles. The molecular weight excluding hydrogens is 355 g/mol. The van der Waals surface area contributed by atoms with Crippen molar-refractivity contribution in [1.82, 2.24) is 4.98 Å². The molecule has 1 saturated carbocycles. The van der Waals surface area contributed by atoms with Crippen molar-refractivity contribution in [3.8, 4) is 0 Å². The number of pyridine rings is 1. The molecule has 3 rings (SSSR count). The summed E-state index contributed by atoms with van der Waals surface area (Å²) in [7, 11) is -3.70. The van der Waals surface area contributed by atoms with E-state index < -0.39 is 21.8 Å². The Hall–Kier alpha value is -2.13. The molecule has 2 aromatic rings. The Morgan fingerprint density at radius 1 is 1.16 bits per heavy atom. The van der Waals surface area contributed by atoms with Gasteiger partial charge in [0.05, 0.1) is 10.5 Å². The number of aromatic nitrogens is 1. The van der Waals surface area contributed by atoms with E-state index >= 15 is 0 Å². The zero-order chi connectivity index (χ0) is 18.2. The second-order valence-electron chi connectivity index (χ2n) is 6.03. The smallest absolute Gasteiger partial charge is 0.370 e. The van der Waals surface area contributed by atoms with Crippen molar-refractivity contribution in [2.24, 2.45) is 11.1 Å². The van der Waals surface area contributed by atoms with Crippen LogP contribution in [0.25, 0.3) is 0 Å². The van der Waals surface area contributed by atoms with E-state index in [0.717, 1.165) is 24.2 Å². The number of alkyl halides is 3. The third-order valence-electron chi connectivity index (χ3n) is 4.20. The Kier molecular flexibility index (Phi) is 4.46. The molecule has 1 aliphatic rings. The molecular formula is C16H16F3N3O2S. The quantitative estimate of drug-likeness (QED) is 0.846. The van der Waals surface area contributed by atoms with Crippen molar-refractivity contribution in [1.29, 1.82) is 0 Å². The summed E-state index contributed by atoms with van der Waals surface area (Å²) >= 11 is 0. The molecule has 5 nitrogen and oxygen atoms in total. The molecule has 1 aromatic heterocycles. The number of hydrogen-bond acceptors (Lipinski definition) is 4. The molecule has 2 atom stereocenters. The Morgan fingerprint density at radius 3 is 2.36 bits per heavy atom. The lowest BCUT2D eigenvalue weighted by Gasteiger charge is -2.08. The van der Waals surface area contributed by atoms with Crippen LogP contribution in [0.5, 0.6) is 0 Å². The highest BCUT2D eigenvalue weighted by Crippen LogP contribution is 2.47. The molecule has 0 spiro atoms. The van der Waals surface area contributed by atoms with Gasteiger partial charge in [-0.15, -0.1) is 0 Å². The van der Waals surface area contributed by atoms with Gasteiger partial charge in [0.1, 0.15) is 5.82 Å². The minimum atomic E-state index is -4.39.